The molecule has 0 atom stereocenters. The fraction of sp³-hybridized carbons (Fsp3) is 0. The van der Waals surface area contributed by atoms with Crippen LogP contribution in [0.3, 0.4) is 0 Å². The highest BCUT2D eigenvalue weighted by molar-refractivity contribution is 6.24. The Balaban J connectivity index is 0.000000101. The largest absolute Gasteiger partial charge is 0.456 e. The second kappa shape index (κ2) is 27.5. The summed E-state index contributed by atoms with van der Waals surface area (Å²) in [5.41, 5.74) is 19.4. The molecule has 0 radical (unpaired) electrons. The van der Waals surface area contributed by atoms with Gasteiger partial charge in [-0.2, -0.15) is 0 Å². The molecular formula is C112H67N9O. The number of para-hydroxylation sites is 7. The summed E-state index contributed by atoms with van der Waals surface area (Å²) in [7, 11) is 0. The fourth-order valence-corrected chi connectivity index (χ4v) is 18.9. The third-order valence-corrected chi connectivity index (χ3v) is 24.6. The minimum atomic E-state index is 0.797. The number of nitrogens with zero attached hydrogens (tertiary/aromatic N) is 9. The molecule has 7 aromatic heterocycles. The summed E-state index contributed by atoms with van der Waals surface area (Å²) in [5, 5.41) is 26.3. The van der Waals surface area contributed by atoms with Crippen LogP contribution in [0.1, 0.15) is 0 Å². The van der Waals surface area contributed by atoms with E-state index >= 15 is 0 Å². The summed E-state index contributed by atoms with van der Waals surface area (Å²) in [6.45, 7) is 0. The van der Waals surface area contributed by atoms with E-state index in [1.807, 2.05) is 84.9 Å². The molecular weight excluding hydrogens is 1490 g/mol. The van der Waals surface area contributed by atoms with Crippen molar-refractivity contribution in [2.75, 3.05) is 0 Å². The van der Waals surface area contributed by atoms with E-state index in [0.717, 1.165) is 139 Å². The second-order valence-corrected chi connectivity index (χ2v) is 31.6. The SMILES string of the molecule is c1ccc(-c2nc3ccccc3nc2-n2c3cc4ccccc4cc3c3ccc4ccccc4c32)cc1.c1ccc2cc(-c3nc4ccccc4nc3-n3c4cc5ccccc5cc4c4ccc5ccccc5c43)ccc2c1.c1ccc2cc3c(cc2c1)c1ccc2ccccc2c1n3-c1nc2ccccc2nc1-c1ccc2c(c1)oc1ccccc12. The van der Waals surface area contributed by atoms with Gasteiger partial charge < -0.3 is 4.42 Å². The minimum absolute atomic E-state index is 0.797. The first-order chi connectivity index (χ1) is 60.5. The molecule has 0 aliphatic carbocycles. The molecule has 0 N–H and O–H groups in total. The third kappa shape index (κ3) is 11.0. The monoisotopic (exact) mass is 1550 g/mol. The standard InChI is InChI=1S/C40H23N3O.C38H23N3.C34H21N3/c1-2-11-26-22-35-32(21-25(26)10-1)31-20-17-24-9-3-4-12-28(24)39(31)43(35)40-38(41-33-14-6-7-15-34(33)42-40)27-18-19-30-29-13-5-8-16-36(29)44-37(30)23-27;1-2-11-26-21-29(18-17-24(26)9-1)36-38(40-34-16-8-7-15-33(34)39-36)41-35-23-28-13-4-3-12-27(28)22-32(35)31-20-19-25-10-5-6-14-30(25)37(31)41;1-2-11-23(12-3-1)32-34(36-30-17-9-8-16-29(30)35-32)37-31-21-25-14-5-4-13-24(25)20-28(31)27-19-18-22-10-6-7-15-26(22)33(27)37/h1-23H;1-23H;1-21H. The highest BCUT2D eigenvalue weighted by Crippen LogP contribution is 2.46. The van der Waals surface area contributed by atoms with Gasteiger partial charge in [-0.3, -0.25) is 13.7 Å². The van der Waals surface area contributed by atoms with Crippen molar-refractivity contribution in [3.05, 3.63) is 406 Å². The van der Waals surface area contributed by atoms with Crippen LogP contribution in [0, 0.1) is 0 Å². The Morgan fingerprint density at radius 2 is 0.443 bits per heavy atom. The fourth-order valence-electron chi connectivity index (χ4n) is 18.9. The molecule has 10 nitrogen and oxygen atoms in total. The highest BCUT2D eigenvalue weighted by Gasteiger charge is 2.27. The van der Waals surface area contributed by atoms with E-state index in [1.54, 1.807) is 0 Å². The van der Waals surface area contributed by atoms with E-state index in [1.165, 1.54) is 108 Å². The Kier molecular flexibility index (Phi) is 15.5. The number of rotatable bonds is 6. The average Bonchev–Trinajstić information content (AvgIpc) is 1.53. The van der Waals surface area contributed by atoms with Crippen LogP contribution in [0.15, 0.2) is 411 Å². The molecule has 0 fully saturated rings. The van der Waals surface area contributed by atoms with Crippen molar-refractivity contribution >= 4 is 196 Å². The summed E-state index contributed by atoms with van der Waals surface area (Å²) in [6, 6.07) is 143. The van der Waals surface area contributed by atoms with E-state index in [4.69, 9.17) is 34.3 Å². The molecule has 0 amide bonds. The van der Waals surface area contributed by atoms with Crippen molar-refractivity contribution in [1.82, 2.24) is 43.6 Å². The lowest BCUT2D eigenvalue weighted by Crippen LogP contribution is -2.04. The van der Waals surface area contributed by atoms with Crippen LogP contribution in [0.5, 0.6) is 0 Å². The molecule has 10 heteroatoms. The molecule has 0 unspecified atom stereocenters. The van der Waals surface area contributed by atoms with Gasteiger partial charge in [-0.1, -0.05) is 309 Å². The molecule has 0 aliphatic rings. The van der Waals surface area contributed by atoms with Gasteiger partial charge in [0.05, 0.1) is 66.2 Å². The van der Waals surface area contributed by atoms with Gasteiger partial charge in [0, 0.05) is 75.9 Å². The van der Waals surface area contributed by atoms with Crippen molar-refractivity contribution < 1.29 is 4.42 Å². The van der Waals surface area contributed by atoms with Crippen LogP contribution in [-0.2, 0) is 0 Å². The van der Waals surface area contributed by atoms with Crippen molar-refractivity contribution in [3.63, 3.8) is 0 Å². The normalized spacial score (nSPS) is 11.9. The number of hydrogen-bond acceptors (Lipinski definition) is 7. The molecule has 122 heavy (non-hydrogen) atoms. The van der Waals surface area contributed by atoms with Crippen LogP contribution in [0.4, 0.5) is 0 Å². The summed E-state index contributed by atoms with van der Waals surface area (Å²) in [6.07, 6.45) is 0. The molecule has 0 saturated carbocycles. The first kappa shape index (κ1) is 68.6. The molecule has 7 heterocycles. The van der Waals surface area contributed by atoms with Gasteiger partial charge in [-0.25, -0.2) is 29.9 Å². The summed E-state index contributed by atoms with van der Waals surface area (Å²) < 4.78 is 13.3. The highest BCUT2D eigenvalue weighted by atomic mass is 16.3. The van der Waals surface area contributed by atoms with Gasteiger partial charge in [0.25, 0.3) is 0 Å². The summed E-state index contributed by atoms with van der Waals surface area (Å²) in [5.74, 6) is 2.48. The van der Waals surface area contributed by atoms with Crippen LogP contribution in [0.2, 0.25) is 0 Å². The number of benzene rings is 20. The van der Waals surface area contributed by atoms with E-state index in [0.29, 0.717) is 0 Å². The average molecular weight is 1550 g/mol. The molecule has 20 aromatic carbocycles. The topological polar surface area (TPSA) is 105 Å². The molecule has 27 rings (SSSR count). The minimum Gasteiger partial charge on any atom is -0.456 e. The van der Waals surface area contributed by atoms with E-state index in [-0.39, 0.29) is 0 Å². The number of aromatic nitrogens is 9. The van der Waals surface area contributed by atoms with Gasteiger partial charge >= 0.3 is 0 Å². The van der Waals surface area contributed by atoms with Crippen LogP contribution < -0.4 is 0 Å². The lowest BCUT2D eigenvalue weighted by Gasteiger charge is -2.15. The molecule has 0 bridgehead atoms. The van der Waals surface area contributed by atoms with E-state index in [9.17, 15) is 0 Å². The molecule has 0 saturated heterocycles. The Bertz CT molecular complexity index is 9070. The lowest BCUT2D eigenvalue weighted by molar-refractivity contribution is 0.669. The maximum atomic E-state index is 6.32. The van der Waals surface area contributed by atoms with Crippen LogP contribution >= 0.6 is 0 Å². The lowest BCUT2D eigenvalue weighted by atomic mass is 10.0. The van der Waals surface area contributed by atoms with Crippen molar-refractivity contribution in [2.24, 2.45) is 0 Å². The van der Waals surface area contributed by atoms with Crippen molar-refractivity contribution in [1.29, 1.82) is 0 Å². The van der Waals surface area contributed by atoms with E-state index < -0.39 is 0 Å². The van der Waals surface area contributed by atoms with Crippen molar-refractivity contribution in [2.45, 2.75) is 0 Å². The molecule has 566 valence electrons. The van der Waals surface area contributed by atoms with E-state index in [2.05, 4.69) is 335 Å². The second-order valence-electron chi connectivity index (χ2n) is 31.6. The Labute approximate surface area is 697 Å². The smallest absolute Gasteiger partial charge is 0.165 e. The van der Waals surface area contributed by atoms with Gasteiger partial charge in [0.15, 0.2) is 17.5 Å². The Hall–Kier alpha value is -16.6. The number of hydrogen-bond donors (Lipinski definition) is 0. The molecule has 0 aliphatic heterocycles. The molecule has 27 aromatic rings. The van der Waals surface area contributed by atoms with Crippen molar-refractivity contribution in [3.8, 4) is 51.2 Å². The quantitative estimate of drug-likeness (QED) is 0.163. The van der Waals surface area contributed by atoms with Gasteiger partial charge in [0.1, 0.15) is 28.2 Å². The van der Waals surface area contributed by atoms with Crippen LogP contribution in [0.25, 0.3) is 247 Å². The predicted molar refractivity (Wildman–Crippen MR) is 508 cm³/mol. The van der Waals surface area contributed by atoms with Gasteiger partial charge in [-0.15, -0.1) is 0 Å². The Morgan fingerprint density at radius 1 is 0.164 bits per heavy atom. The molecule has 0 spiro atoms. The van der Waals surface area contributed by atoms with Gasteiger partial charge in [0.2, 0.25) is 0 Å². The summed E-state index contributed by atoms with van der Waals surface area (Å²) >= 11 is 0. The Morgan fingerprint density at radius 3 is 0.852 bits per heavy atom. The first-order valence-electron chi connectivity index (χ1n) is 41.3. The zero-order valence-electron chi connectivity index (χ0n) is 65.6. The maximum absolute atomic E-state index is 6.32. The third-order valence-electron chi connectivity index (χ3n) is 24.6. The zero-order chi connectivity index (χ0) is 80.0. The maximum Gasteiger partial charge on any atom is 0.165 e. The van der Waals surface area contributed by atoms with Crippen LogP contribution in [-0.4, -0.2) is 43.6 Å². The number of furan rings is 1. The number of fused-ring (bicyclic) bond motifs is 25. The zero-order valence-corrected chi connectivity index (χ0v) is 65.6. The van der Waals surface area contributed by atoms with Gasteiger partial charge in [-0.05, 0) is 156 Å². The summed E-state index contributed by atoms with van der Waals surface area (Å²) in [4.78, 5) is 31.8. The predicted octanol–water partition coefficient (Wildman–Crippen LogP) is 29.2. The first-order valence-corrected chi connectivity index (χ1v) is 41.3.